The summed E-state index contributed by atoms with van der Waals surface area (Å²) in [5, 5.41) is 0. The van der Waals surface area contributed by atoms with Crippen LogP contribution in [0.1, 0.15) is 40.5 Å². The first-order valence-corrected chi connectivity index (χ1v) is 7.18. The van der Waals surface area contributed by atoms with E-state index in [1.165, 1.54) is 12.8 Å². The monoisotopic (exact) mass is 184 g/mol. The maximum Gasteiger partial charge on any atom is 0.134 e. The van der Waals surface area contributed by atoms with Gasteiger partial charge < -0.3 is 0 Å². The van der Waals surface area contributed by atoms with Gasteiger partial charge in [0.1, 0.15) is 7.57 Å². The summed E-state index contributed by atoms with van der Waals surface area (Å²) in [4.78, 5) is 0. The minimum atomic E-state index is 0.329. The largest absolute Gasteiger partial charge is 0.142 e. The Morgan fingerprint density at radius 2 is 1.33 bits per heavy atom. The molecule has 0 amide bonds. The minimum Gasteiger partial charge on any atom is -0.142 e. The highest BCUT2D eigenvalue weighted by atomic mass is 31.1. The van der Waals surface area contributed by atoms with Crippen molar-refractivity contribution >= 4 is 15.4 Å². The second kappa shape index (κ2) is 4.14. The molecule has 0 aromatic rings. The number of rotatable bonds is 2. The van der Waals surface area contributed by atoms with Gasteiger partial charge in [-0.1, -0.05) is 27.7 Å². The molecule has 0 saturated carbocycles. The molecule has 0 aromatic carbocycles. The van der Waals surface area contributed by atoms with E-state index in [0.717, 1.165) is 23.2 Å². The molecule has 0 bridgehead atoms. The zero-order chi connectivity index (χ0) is 9.30. The molecular formula is C10H22BP. The summed E-state index contributed by atoms with van der Waals surface area (Å²) < 4.78 is 0. The van der Waals surface area contributed by atoms with E-state index in [4.69, 9.17) is 0 Å². The summed E-state index contributed by atoms with van der Waals surface area (Å²) in [5.74, 6) is 1.84. The molecule has 0 nitrogen and oxygen atoms in total. The van der Waals surface area contributed by atoms with Gasteiger partial charge in [-0.2, -0.15) is 0 Å². The third kappa shape index (κ3) is 2.05. The molecule has 1 rings (SSSR count). The highest BCUT2D eigenvalue weighted by Gasteiger charge is 2.34. The minimum absolute atomic E-state index is 0.329. The van der Waals surface area contributed by atoms with Gasteiger partial charge in [0.15, 0.2) is 0 Å². The molecule has 1 saturated heterocycles. The smallest absolute Gasteiger partial charge is 0.134 e. The lowest BCUT2D eigenvalue weighted by Crippen LogP contribution is -2.13. The van der Waals surface area contributed by atoms with Crippen LogP contribution in [-0.4, -0.2) is 18.9 Å². The Hall–Kier alpha value is 0.495. The highest BCUT2D eigenvalue weighted by molar-refractivity contribution is 7.83. The van der Waals surface area contributed by atoms with Gasteiger partial charge in [0.2, 0.25) is 0 Å². The summed E-state index contributed by atoms with van der Waals surface area (Å²) in [7, 11) is 2.85. The van der Waals surface area contributed by atoms with E-state index in [2.05, 4.69) is 35.3 Å². The molecule has 2 atom stereocenters. The molecule has 1 aliphatic heterocycles. The van der Waals surface area contributed by atoms with Gasteiger partial charge in [-0.3, -0.25) is 0 Å². The molecule has 0 radical (unpaired) electrons. The molecule has 1 heterocycles. The van der Waals surface area contributed by atoms with Crippen LogP contribution in [0.2, 0.25) is 0 Å². The molecule has 1 aliphatic rings. The molecule has 2 heteroatoms. The topological polar surface area (TPSA) is 0 Å². The molecule has 0 aliphatic carbocycles. The fourth-order valence-corrected chi connectivity index (χ4v) is 6.09. The van der Waals surface area contributed by atoms with E-state index in [-0.39, 0.29) is 0 Å². The summed E-state index contributed by atoms with van der Waals surface area (Å²) in [5.41, 5.74) is 2.12. The van der Waals surface area contributed by atoms with Crippen molar-refractivity contribution in [2.75, 3.05) is 0 Å². The number of hydrogen-bond acceptors (Lipinski definition) is 0. The van der Waals surface area contributed by atoms with Crippen LogP contribution in [0.5, 0.6) is 0 Å². The van der Waals surface area contributed by atoms with Crippen LogP contribution in [0.3, 0.4) is 0 Å². The molecule has 0 spiro atoms. The van der Waals surface area contributed by atoms with Crippen molar-refractivity contribution in [2.24, 2.45) is 11.8 Å². The van der Waals surface area contributed by atoms with E-state index in [1.54, 1.807) is 0 Å². The van der Waals surface area contributed by atoms with Gasteiger partial charge in [0.05, 0.1) is 0 Å². The molecule has 1 fully saturated rings. The maximum absolute atomic E-state index is 2.53. The third-order valence-corrected chi connectivity index (χ3v) is 7.14. The van der Waals surface area contributed by atoms with Crippen molar-refractivity contribution in [1.29, 1.82) is 0 Å². The van der Waals surface area contributed by atoms with Crippen LogP contribution < -0.4 is 0 Å². The molecule has 0 aromatic heterocycles. The number of hydrogen-bond donors (Lipinski definition) is 0. The Balaban J connectivity index is 2.55. The summed E-state index contributed by atoms with van der Waals surface area (Å²) >= 11 is 0. The fraction of sp³-hybridized carbons (Fsp3) is 1.00. The highest BCUT2D eigenvalue weighted by Crippen LogP contribution is 2.56. The second-order valence-corrected chi connectivity index (χ2v) is 7.52. The standard InChI is InChI=1S/C10H22BP/c1-7(2)9-5-6-10(8(3)4)12(9)11/h7-10H,5-6,11H2,1-4H3/t9-,10-/m1/s1. The van der Waals surface area contributed by atoms with Gasteiger partial charge in [-0.05, 0) is 36.0 Å². The van der Waals surface area contributed by atoms with Crippen molar-refractivity contribution in [3.8, 4) is 0 Å². The van der Waals surface area contributed by atoms with Crippen LogP contribution in [0.25, 0.3) is 0 Å². The molecular weight excluding hydrogens is 162 g/mol. The Kier molecular flexibility index (Phi) is 3.65. The van der Waals surface area contributed by atoms with Crippen LogP contribution in [0.4, 0.5) is 0 Å². The van der Waals surface area contributed by atoms with E-state index in [9.17, 15) is 0 Å². The van der Waals surface area contributed by atoms with Gasteiger partial charge in [0, 0.05) is 0 Å². The van der Waals surface area contributed by atoms with Crippen LogP contribution in [-0.2, 0) is 0 Å². The van der Waals surface area contributed by atoms with Gasteiger partial charge in [0.25, 0.3) is 0 Å². The summed E-state index contributed by atoms with van der Waals surface area (Å²) in [6.45, 7) is 9.58. The van der Waals surface area contributed by atoms with Crippen molar-refractivity contribution in [2.45, 2.75) is 51.9 Å². The lowest BCUT2D eigenvalue weighted by molar-refractivity contribution is 0.543. The van der Waals surface area contributed by atoms with Crippen molar-refractivity contribution in [1.82, 2.24) is 0 Å². The van der Waals surface area contributed by atoms with Crippen molar-refractivity contribution < 1.29 is 0 Å². The SMILES string of the molecule is BP1[C@@H](C(C)C)CC[C@@H]1C(C)C. The van der Waals surface area contributed by atoms with E-state index < -0.39 is 0 Å². The third-order valence-electron chi connectivity index (χ3n) is 3.34. The lowest BCUT2D eigenvalue weighted by atomic mass is 10.0. The van der Waals surface area contributed by atoms with E-state index >= 15 is 0 Å². The molecule has 70 valence electrons. The van der Waals surface area contributed by atoms with E-state index in [0.29, 0.717) is 7.80 Å². The fourth-order valence-electron chi connectivity index (χ4n) is 2.60. The molecule has 12 heavy (non-hydrogen) atoms. The Bertz CT molecular complexity index is 129. The maximum atomic E-state index is 2.53. The van der Waals surface area contributed by atoms with Crippen molar-refractivity contribution in [3.63, 3.8) is 0 Å². The first-order valence-electron chi connectivity index (χ1n) is 5.26. The second-order valence-electron chi connectivity index (χ2n) is 4.87. The van der Waals surface area contributed by atoms with E-state index in [1.807, 2.05) is 0 Å². The molecule has 0 N–H and O–H groups in total. The normalized spacial score (nSPS) is 32.2. The van der Waals surface area contributed by atoms with Gasteiger partial charge in [-0.15, -0.1) is 7.80 Å². The first-order chi connectivity index (χ1) is 5.54. The summed E-state index contributed by atoms with van der Waals surface area (Å²) in [6, 6.07) is 0. The lowest BCUT2D eigenvalue weighted by Gasteiger charge is -2.27. The zero-order valence-corrected chi connectivity index (χ0v) is 10.1. The Morgan fingerprint density at radius 1 is 1.00 bits per heavy atom. The average molecular weight is 184 g/mol. The van der Waals surface area contributed by atoms with Crippen molar-refractivity contribution in [3.05, 3.63) is 0 Å². The van der Waals surface area contributed by atoms with Crippen LogP contribution in [0.15, 0.2) is 0 Å². The molecule has 0 unspecified atom stereocenters. The van der Waals surface area contributed by atoms with Gasteiger partial charge in [-0.25, -0.2) is 0 Å². The zero-order valence-electron chi connectivity index (χ0n) is 9.17. The Morgan fingerprint density at radius 3 is 1.50 bits per heavy atom. The first kappa shape index (κ1) is 10.6. The van der Waals surface area contributed by atoms with Crippen LogP contribution in [0, 0.1) is 11.8 Å². The predicted octanol–water partition coefficient (Wildman–Crippen LogP) is 2.86. The predicted molar refractivity (Wildman–Crippen MR) is 62.0 cm³/mol. The van der Waals surface area contributed by atoms with Crippen LogP contribution >= 0.6 is 7.80 Å². The Labute approximate surface area is 79.6 Å². The van der Waals surface area contributed by atoms with Gasteiger partial charge >= 0.3 is 0 Å². The average Bonchev–Trinajstić information content (AvgIpc) is 2.30. The summed E-state index contributed by atoms with van der Waals surface area (Å²) in [6.07, 6.45) is 3.01. The quantitative estimate of drug-likeness (QED) is 0.457.